The summed E-state index contributed by atoms with van der Waals surface area (Å²) in [6.45, 7) is 3.81. The summed E-state index contributed by atoms with van der Waals surface area (Å²) in [5.41, 5.74) is 1.00. The van der Waals surface area contributed by atoms with Gasteiger partial charge in [0.2, 0.25) is 0 Å². The Bertz CT molecular complexity index is 397. The topological polar surface area (TPSA) is 43.0 Å². The van der Waals surface area contributed by atoms with E-state index in [1.165, 1.54) is 0 Å². The molecular weight excluding hydrogens is 256 g/mol. The maximum Gasteiger partial charge on any atom is 0.130 e. The van der Waals surface area contributed by atoms with Crippen molar-refractivity contribution in [3.05, 3.63) is 17.7 Å². The van der Waals surface area contributed by atoms with Crippen LogP contribution in [0.2, 0.25) is 0 Å². The Labute approximate surface area is 121 Å². The SMILES string of the molecule is COc1cc(OC)c(CNC(C)CN(C)C)c(OC)c1. The fourth-order valence-electron chi connectivity index (χ4n) is 2.14. The summed E-state index contributed by atoms with van der Waals surface area (Å²) in [5.74, 6) is 2.26. The second kappa shape index (κ2) is 7.97. The highest BCUT2D eigenvalue weighted by Crippen LogP contribution is 2.33. The Hall–Kier alpha value is -1.46. The largest absolute Gasteiger partial charge is 0.496 e. The summed E-state index contributed by atoms with van der Waals surface area (Å²) in [4.78, 5) is 2.15. The van der Waals surface area contributed by atoms with E-state index in [1.807, 2.05) is 12.1 Å². The van der Waals surface area contributed by atoms with Gasteiger partial charge in [-0.2, -0.15) is 0 Å². The fourth-order valence-corrected chi connectivity index (χ4v) is 2.14. The van der Waals surface area contributed by atoms with Gasteiger partial charge in [-0.15, -0.1) is 0 Å². The van der Waals surface area contributed by atoms with E-state index in [0.29, 0.717) is 12.6 Å². The Morgan fingerprint density at radius 1 is 1.05 bits per heavy atom. The Morgan fingerprint density at radius 2 is 1.60 bits per heavy atom. The van der Waals surface area contributed by atoms with Crippen LogP contribution in [0.25, 0.3) is 0 Å². The molecule has 0 fully saturated rings. The van der Waals surface area contributed by atoms with E-state index in [0.717, 1.165) is 29.4 Å². The minimum Gasteiger partial charge on any atom is -0.496 e. The maximum atomic E-state index is 5.43. The summed E-state index contributed by atoms with van der Waals surface area (Å²) >= 11 is 0. The van der Waals surface area contributed by atoms with Crippen molar-refractivity contribution >= 4 is 0 Å². The van der Waals surface area contributed by atoms with E-state index in [1.54, 1.807) is 21.3 Å². The number of benzene rings is 1. The van der Waals surface area contributed by atoms with E-state index >= 15 is 0 Å². The molecule has 0 bridgehead atoms. The van der Waals surface area contributed by atoms with Gasteiger partial charge in [0, 0.05) is 31.3 Å². The predicted octanol–water partition coefficient (Wildman–Crippen LogP) is 1.75. The lowest BCUT2D eigenvalue weighted by Crippen LogP contribution is -2.35. The molecule has 0 aromatic heterocycles. The van der Waals surface area contributed by atoms with Crippen LogP contribution in [-0.4, -0.2) is 52.9 Å². The van der Waals surface area contributed by atoms with Crippen LogP contribution >= 0.6 is 0 Å². The Morgan fingerprint density at radius 3 is 2.00 bits per heavy atom. The highest BCUT2D eigenvalue weighted by Gasteiger charge is 2.14. The first kappa shape index (κ1) is 16.6. The third-order valence-electron chi connectivity index (χ3n) is 3.08. The molecule has 20 heavy (non-hydrogen) atoms. The van der Waals surface area contributed by atoms with Crippen molar-refractivity contribution in [1.82, 2.24) is 10.2 Å². The standard InChI is InChI=1S/C15H26N2O3/c1-11(10-17(2)3)16-9-13-14(19-5)7-12(18-4)8-15(13)20-6/h7-8,11,16H,9-10H2,1-6H3. The number of hydrogen-bond acceptors (Lipinski definition) is 5. The molecule has 1 aromatic rings. The molecule has 5 nitrogen and oxygen atoms in total. The van der Waals surface area contributed by atoms with Gasteiger partial charge in [-0.25, -0.2) is 0 Å². The lowest BCUT2D eigenvalue weighted by atomic mass is 10.1. The van der Waals surface area contributed by atoms with Gasteiger partial charge in [0.25, 0.3) is 0 Å². The van der Waals surface area contributed by atoms with Crippen molar-refractivity contribution in [1.29, 1.82) is 0 Å². The average molecular weight is 282 g/mol. The number of hydrogen-bond donors (Lipinski definition) is 1. The maximum absolute atomic E-state index is 5.43. The number of likely N-dealkylation sites (N-methyl/N-ethyl adjacent to an activating group) is 1. The molecule has 0 aliphatic rings. The molecule has 1 N–H and O–H groups in total. The van der Waals surface area contributed by atoms with Gasteiger partial charge >= 0.3 is 0 Å². The average Bonchev–Trinajstić information content (AvgIpc) is 2.43. The lowest BCUT2D eigenvalue weighted by Gasteiger charge is -2.20. The zero-order chi connectivity index (χ0) is 15.1. The van der Waals surface area contributed by atoms with Gasteiger partial charge < -0.3 is 24.4 Å². The molecule has 5 heteroatoms. The molecule has 0 saturated carbocycles. The van der Waals surface area contributed by atoms with Crippen LogP contribution in [0.3, 0.4) is 0 Å². The molecule has 0 amide bonds. The number of nitrogens with one attached hydrogen (secondary N) is 1. The van der Waals surface area contributed by atoms with Crippen LogP contribution in [0.15, 0.2) is 12.1 Å². The second-order valence-electron chi connectivity index (χ2n) is 5.05. The fraction of sp³-hybridized carbons (Fsp3) is 0.600. The van der Waals surface area contributed by atoms with Gasteiger partial charge in [-0.1, -0.05) is 0 Å². The van der Waals surface area contributed by atoms with Gasteiger partial charge in [0.05, 0.1) is 26.9 Å². The summed E-state index contributed by atoms with van der Waals surface area (Å²) in [7, 11) is 9.06. The molecule has 1 atom stereocenters. The molecule has 1 aromatic carbocycles. The number of methoxy groups -OCH3 is 3. The number of rotatable bonds is 8. The van der Waals surface area contributed by atoms with Crippen LogP contribution < -0.4 is 19.5 Å². The highest BCUT2D eigenvalue weighted by atomic mass is 16.5. The monoisotopic (exact) mass is 282 g/mol. The third kappa shape index (κ3) is 4.58. The van der Waals surface area contributed by atoms with Gasteiger partial charge in [0.15, 0.2) is 0 Å². The van der Waals surface area contributed by atoms with Gasteiger partial charge in [0.1, 0.15) is 17.2 Å². The van der Waals surface area contributed by atoms with E-state index < -0.39 is 0 Å². The molecule has 1 rings (SSSR count). The van der Waals surface area contributed by atoms with Crippen molar-refractivity contribution in [3.8, 4) is 17.2 Å². The van der Waals surface area contributed by atoms with Crippen LogP contribution in [-0.2, 0) is 6.54 Å². The van der Waals surface area contributed by atoms with Crippen LogP contribution in [0, 0.1) is 0 Å². The minimum absolute atomic E-state index is 0.376. The quantitative estimate of drug-likeness (QED) is 0.787. The molecule has 0 spiro atoms. The molecule has 114 valence electrons. The Kier molecular flexibility index (Phi) is 6.61. The first-order valence-electron chi connectivity index (χ1n) is 6.68. The Balaban J connectivity index is 2.87. The van der Waals surface area contributed by atoms with Crippen molar-refractivity contribution in [2.75, 3.05) is 42.0 Å². The number of nitrogens with zero attached hydrogens (tertiary/aromatic N) is 1. The number of ether oxygens (including phenoxy) is 3. The van der Waals surface area contributed by atoms with Gasteiger partial charge in [-0.05, 0) is 21.0 Å². The van der Waals surface area contributed by atoms with Crippen molar-refractivity contribution in [2.24, 2.45) is 0 Å². The van der Waals surface area contributed by atoms with Crippen molar-refractivity contribution in [3.63, 3.8) is 0 Å². The predicted molar refractivity (Wildman–Crippen MR) is 81.0 cm³/mol. The second-order valence-corrected chi connectivity index (χ2v) is 5.05. The molecule has 0 aliphatic carbocycles. The van der Waals surface area contributed by atoms with Crippen molar-refractivity contribution < 1.29 is 14.2 Å². The molecule has 0 saturated heterocycles. The molecule has 0 aliphatic heterocycles. The molecule has 1 unspecified atom stereocenters. The summed E-state index contributed by atoms with van der Waals surface area (Å²) < 4.78 is 16.1. The van der Waals surface area contributed by atoms with E-state index in [-0.39, 0.29) is 0 Å². The lowest BCUT2D eigenvalue weighted by molar-refractivity contribution is 0.340. The van der Waals surface area contributed by atoms with E-state index in [2.05, 4.69) is 31.2 Å². The smallest absolute Gasteiger partial charge is 0.130 e. The van der Waals surface area contributed by atoms with Crippen molar-refractivity contribution in [2.45, 2.75) is 19.5 Å². The zero-order valence-corrected chi connectivity index (χ0v) is 13.3. The molecule has 0 heterocycles. The van der Waals surface area contributed by atoms with E-state index in [4.69, 9.17) is 14.2 Å². The summed E-state index contributed by atoms with van der Waals surface area (Å²) in [6.07, 6.45) is 0. The first-order chi connectivity index (χ1) is 9.51. The van der Waals surface area contributed by atoms with Gasteiger partial charge in [-0.3, -0.25) is 0 Å². The van der Waals surface area contributed by atoms with Crippen LogP contribution in [0.4, 0.5) is 0 Å². The first-order valence-corrected chi connectivity index (χ1v) is 6.68. The normalized spacial score (nSPS) is 12.3. The molecule has 0 radical (unpaired) electrons. The van der Waals surface area contributed by atoms with E-state index in [9.17, 15) is 0 Å². The minimum atomic E-state index is 0.376. The zero-order valence-electron chi connectivity index (χ0n) is 13.3. The molecular formula is C15H26N2O3. The summed E-state index contributed by atoms with van der Waals surface area (Å²) in [5, 5.41) is 3.47. The third-order valence-corrected chi connectivity index (χ3v) is 3.08. The highest BCUT2D eigenvalue weighted by molar-refractivity contribution is 5.50. The van der Waals surface area contributed by atoms with Crippen LogP contribution in [0.5, 0.6) is 17.2 Å². The summed E-state index contributed by atoms with van der Waals surface area (Å²) in [6, 6.07) is 4.12. The van der Waals surface area contributed by atoms with Crippen LogP contribution in [0.1, 0.15) is 12.5 Å².